The van der Waals surface area contributed by atoms with E-state index in [0.717, 1.165) is 0 Å². The van der Waals surface area contributed by atoms with Crippen molar-refractivity contribution in [2.24, 2.45) is 0 Å². The summed E-state index contributed by atoms with van der Waals surface area (Å²) in [5, 5.41) is 2.74. The van der Waals surface area contributed by atoms with Gasteiger partial charge in [0.1, 0.15) is 5.60 Å². The van der Waals surface area contributed by atoms with Crippen molar-refractivity contribution in [3.63, 3.8) is 0 Å². The van der Waals surface area contributed by atoms with E-state index in [1.54, 1.807) is 6.20 Å². The molecule has 1 N–H and O–H groups in total. The van der Waals surface area contributed by atoms with Gasteiger partial charge in [0, 0.05) is 32.3 Å². The lowest BCUT2D eigenvalue weighted by molar-refractivity contribution is -0.114. The van der Waals surface area contributed by atoms with Crippen molar-refractivity contribution in [2.75, 3.05) is 14.1 Å². The number of Topliss-reactive ketones (excluding diaryl/α,β-unsaturated/α-hetero) is 1. The highest BCUT2D eigenvalue weighted by Crippen LogP contribution is 2.22. The minimum absolute atomic E-state index is 0.0877. The summed E-state index contributed by atoms with van der Waals surface area (Å²) in [4.78, 5) is 25.2. The second-order valence-corrected chi connectivity index (χ2v) is 5.71. The Bertz CT molecular complexity index is 367. The van der Waals surface area contributed by atoms with Gasteiger partial charge in [0.15, 0.2) is 5.78 Å². The van der Waals surface area contributed by atoms with Gasteiger partial charge in [-0.15, -0.1) is 0 Å². The first-order valence-corrected chi connectivity index (χ1v) is 6.10. The van der Waals surface area contributed by atoms with Crippen molar-refractivity contribution < 1.29 is 14.3 Å². The van der Waals surface area contributed by atoms with Crippen molar-refractivity contribution in [3.05, 3.63) is 11.8 Å². The molecule has 1 atom stereocenters. The van der Waals surface area contributed by atoms with Crippen LogP contribution in [0.25, 0.3) is 0 Å². The van der Waals surface area contributed by atoms with Gasteiger partial charge in [0.05, 0.1) is 6.04 Å². The standard InChI is InChI=1S/C13H22N2O3/c1-13(2,3)18-12(17)14-10-6-7-11(16)9(10)8-15(4)5/h8,10H,6-7H2,1-5H3,(H,14,17)/b9-8+. The summed E-state index contributed by atoms with van der Waals surface area (Å²) in [6.07, 6.45) is 2.39. The molecule has 1 unspecified atom stereocenters. The third-order valence-electron chi connectivity index (χ3n) is 2.45. The van der Waals surface area contributed by atoms with E-state index in [1.807, 2.05) is 39.8 Å². The number of hydrogen-bond donors (Lipinski definition) is 1. The van der Waals surface area contributed by atoms with Gasteiger partial charge < -0.3 is 15.0 Å². The van der Waals surface area contributed by atoms with Crippen LogP contribution in [-0.4, -0.2) is 42.5 Å². The number of nitrogens with zero attached hydrogens (tertiary/aromatic N) is 1. The van der Waals surface area contributed by atoms with Crippen LogP contribution in [0, 0.1) is 0 Å². The second-order valence-electron chi connectivity index (χ2n) is 5.71. The molecule has 1 amide bonds. The highest BCUT2D eigenvalue weighted by molar-refractivity contribution is 5.99. The normalized spacial score (nSPS) is 22.2. The predicted octanol–water partition coefficient (Wildman–Crippen LogP) is 1.69. The summed E-state index contributed by atoms with van der Waals surface area (Å²) in [6.45, 7) is 5.43. The van der Waals surface area contributed by atoms with Gasteiger partial charge in [-0.3, -0.25) is 4.79 Å². The van der Waals surface area contributed by atoms with Gasteiger partial charge in [-0.05, 0) is 27.2 Å². The first-order chi connectivity index (χ1) is 8.19. The maximum Gasteiger partial charge on any atom is 0.408 e. The SMILES string of the molecule is CN(C)/C=C1/C(=O)CCC1NC(=O)OC(C)(C)C. The number of ketones is 1. The molecule has 1 rings (SSSR count). The van der Waals surface area contributed by atoms with Gasteiger partial charge >= 0.3 is 6.09 Å². The number of alkyl carbamates (subject to hydrolysis) is 1. The van der Waals surface area contributed by atoms with Crippen LogP contribution in [-0.2, 0) is 9.53 Å². The number of nitrogens with one attached hydrogen (secondary N) is 1. The van der Waals surface area contributed by atoms with Crippen LogP contribution < -0.4 is 5.32 Å². The van der Waals surface area contributed by atoms with Crippen LogP contribution in [0.5, 0.6) is 0 Å². The molecule has 0 radical (unpaired) electrons. The van der Waals surface area contributed by atoms with E-state index in [2.05, 4.69) is 5.32 Å². The number of carbonyl (C=O) groups excluding carboxylic acids is 2. The van der Waals surface area contributed by atoms with Crippen LogP contribution >= 0.6 is 0 Å². The molecule has 102 valence electrons. The maximum absolute atomic E-state index is 11.7. The summed E-state index contributed by atoms with van der Waals surface area (Å²) in [5.74, 6) is 0.0877. The molecule has 0 bridgehead atoms. The maximum atomic E-state index is 11.7. The van der Waals surface area contributed by atoms with Gasteiger partial charge in [0.25, 0.3) is 0 Å². The Balaban J connectivity index is 2.67. The molecule has 0 saturated heterocycles. The largest absolute Gasteiger partial charge is 0.444 e. The number of amides is 1. The van der Waals surface area contributed by atoms with E-state index in [9.17, 15) is 9.59 Å². The molecule has 1 aliphatic rings. The van der Waals surface area contributed by atoms with Crippen LogP contribution in [0.4, 0.5) is 4.79 Å². The molecule has 0 spiro atoms. The van der Waals surface area contributed by atoms with E-state index in [-0.39, 0.29) is 11.8 Å². The molecule has 0 aromatic carbocycles. The van der Waals surface area contributed by atoms with E-state index in [4.69, 9.17) is 4.74 Å². The minimum Gasteiger partial charge on any atom is -0.444 e. The van der Waals surface area contributed by atoms with Gasteiger partial charge in [0.2, 0.25) is 0 Å². The lowest BCUT2D eigenvalue weighted by atomic mass is 10.1. The molecule has 5 nitrogen and oxygen atoms in total. The number of carbonyl (C=O) groups is 2. The minimum atomic E-state index is -0.530. The van der Waals surface area contributed by atoms with Crippen molar-refractivity contribution >= 4 is 11.9 Å². The molecule has 0 aliphatic heterocycles. The van der Waals surface area contributed by atoms with Crippen molar-refractivity contribution in [1.82, 2.24) is 10.2 Å². The van der Waals surface area contributed by atoms with Gasteiger partial charge in [-0.1, -0.05) is 0 Å². The fourth-order valence-electron chi connectivity index (χ4n) is 1.81. The Hall–Kier alpha value is -1.52. The van der Waals surface area contributed by atoms with Crippen molar-refractivity contribution in [3.8, 4) is 0 Å². The second kappa shape index (κ2) is 5.42. The molecule has 18 heavy (non-hydrogen) atoms. The zero-order valence-corrected chi connectivity index (χ0v) is 11.7. The van der Waals surface area contributed by atoms with Crippen molar-refractivity contribution in [2.45, 2.75) is 45.3 Å². The Kier molecular flexibility index (Phi) is 4.38. The first kappa shape index (κ1) is 14.5. The van der Waals surface area contributed by atoms with Crippen molar-refractivity contribution in [1.29, 1.82) is 0 Å². The summed E-state index contributed by atoms with van der Waals surface area (Å²) in [7, 11) is 3.70. The summed E-state index contributed by atoms with van der Waals surface area (Å²) < 4.78 is 5.19. The lowest BCUT2D eigenvalue weighted by Gasteiger charge is -2.22. The summed E-state index contributed by atoms with van der Waals surface area (Å²) >= 11 is 0. The Morgan fingerprint density at radius 3 is 2.56 bits per heavy atom. The number of ether oxygens (including phenoxy) is 1. The molecule has 1 saturated carbocycles. The molecule has 0 aromatic heterocycles. The van der Waals surface area contributed by atoms with Gasteiger partial charge in [-0.25, -0.2) is 4.79 Å². The smallest absolute Gasteiger partial charge is 0.408 e. The molecular weight excluding hydrogens is 232 g/mol. The molecule has 5 heteroatoms. The average molecular weight is 254 g/mol. The zero-order valence-electron chi connectivity index (χ0n) is 11.7. The summed E-state index contributed by atoms with van der Waals surface area (Å²) in [6, 6.07) is -0.241. The zero-order chi connectivity index (χ0) is 13.9. The molecule has 0 aromatic rings. The van der Waals surface area contributed by atoms with Crippen LogP contribution in [0.2, 0.25) is 0 Å². The van der Waals surface area contributed by atoms with Crippen LogP contribution in [0.15, 0.2) is 11.8 Å². The first-order valence-electron chi connectivity index (χ1n) is 6.10. The molecule has 1 fully saturated rings. The van der Waals surface area contributed by atoms with Gasteiger partial charge in [-0.2, -0.15) is 0 Å². The van der Waals surface area contributed by atoms with Crippen LogP contribution in [0.1, 0.15) is 33.6 Å². The topological polar surface area (TPSA) is 58.6 Å². The Morgan fingerprint density at radius 2 is 2.06 bits per heavy atom. The van der Waals surface area contributed by atoms with E-state index in [1.165, 1.54) is 0 Å². The van der Waals surface area contributed by atoms with E-state index < -0.39 is 11.7 Å². The van der Waals surface area contributed by atoms with E-state index in [0.29, 0.717) is 18.4 Å². The third kappa shape index (κ3) is 4.39. The monoisotopic (exact) mass is 254 g/mol. The Morgan fingerprint density at radius 1 is 1.44 bits per heavy atom. The predicted molar refractivity (Wildman–Crippen MR) is 69.2 cm³/mol. The lowest BCUT2D eigenvalue weighted by Crippen LogP contribution is -2.39. The molecule has 0 heterocycles. The fraction of sp³-hybridized carbons (Fsp3) is 0.692. The quantitative estimate of drug-likeness (QED) is 0.762. The highest BCUT2D eigenvalue weighted by Gasteiger charge is 2.31. The van der Waals surface area contributed by atoms with Crippen LogP contribution in [0.3, 0.4) is 0 Å². The number of hydrogen-bond acceptors (Lipinski definition) is 4. The Labute approximate surface area is 108 Å². The molecule has 1 aliphatic carbocycles. The summed E-state index contributed by atoms with van der Waals surface area (Å²) in [5.41, 5.74) is 0.115. The average Bonchev–Trinajstić information content (AvgIpc) is 2.46. The fourth-order valence-corrected chi connectivity index (χ4v) is 1.81. The third-order valence-corrected chi connectivity index (χ3v) is 2.45. The molecular formula is C13H22N2O3. The number of rotatable bonds is 2. The highest BCUT2D eigenvalue weighted by atomic mass is 16.6. The van der Waals surface area contributed by atoms with E-state index >= 15 is 0 Å².